The molecule has 2 heterocycles. The lowest BCUT2D eigenvalue weighted by Gasteiger charge is -2.23. The van der Waals surface area contributed by atoms with Gasteiger partial charge in [0.2, 0.25) is 0 Å². The molecule has 0 atom stereocenters. The van der Waals surface area contributed by atoms with E-state index in [1.165, 1.54) is 5.56 Å². The predicted octanol–water partition coefficient (Wildman–Crippen LogP) is 4.71. The number of pyridine rings is 2. The molecule has 0 fully saturated rings. The van der Waals surface area contributed by atoms with E-state index in [2.05, 4.69) is 47.0 Å². The van der Waals surface area contributed by atoms with Crippen LogP contribution in [-0.4, -0.2) is 29.5 Å². The van der Waals surface area contributed by atoms with Crippen LogP contribution in [-0.2, 0) is 11.8 Å². The molecule has 0 saturated heterocycles. The highest BCUT2D eigenvalue weighted by Gasteiger charge is 2.19. The number of aromatic nitrogens is 2. The van der Waals surface area contributed by atoms with Crippen LogP contribution in [0.1, 0.15) is 42.3 Å². The van der Waals surface area contributed by atoms with Gasteiger partial charge in [-0.25, -0.2) is 4.98 Å². The van der Waals surface area contributed by atoms with Crippen LogP contribution in [0.3, 0.4) is 0 Å². The van der Waals surface area contributed by atoms with Crippen molar-refractivity contribution in [2.45, 2.75) is 32.6 Å². The van der Waals surface area contributed by atoms with E-state index in [0.717, 1.165) is 30.0 Å². The van der Waals surface area contributed by atoms with Gasteiger partial charge in [0.15, 0.2) is 0 Å². The molecule has 1 amide bonds. The second-order valence-corrected chi connectivity index (χ2v) is 8.18. The number of anilines is 2. The van der Waals surface area contributed by atoms with Crippen LogP contribution >= 0.6 is 0 Å². The maximum Gasteiger partial charge on any atom is 0.255 e. The van der Waals surface area contributed by atoms with E-state index in [0.29, 0.717) is 5.56 Å². The van der Waals surface area contributed by atoms with Gasteiger partial charge in [0.05, 0.1) is 0 Å². The summed E-state index contributed by atoms with van der Waals surface area (Å²) in [7, 11) is 1.99. The van der Waals surface area contributed by atoms with Crippen molar-refractivity contribution in [3.05, 3.63) is 83.8 Å². The number of rotatable bonds is 6. The fourth-order valence-corrected chi connectivity index (χ4v) is 3.17. The molecule has 29 heavy (non-hydrogen) atoms. The summed E-state index contributed by atoms with van der Waals surface area (Å²) in [5.41, 5.74) is 3.71. The molecule has 0 bridgehead atoms. The van der Waals surface area contributed by atoms with Crippen molar-refractivity contribution in [2.24, 2.45) is 0 Å². The Balaban J connectivity index is 1.71. The molecule has 1 aromatic carbocycles. The number of nitrogens with zero attached hydrogens (tertiary/aromatic N) is 3. The maximum atomic E-state index is 12.9. The summed E-state index contributed by atoms with van der Waals surface area (Å²) in [5, 5.41) is 3.07. The minimum absolute atomic E-state index is 0.0551. The van der Waals surface area contributed by atoms with Gasteiger partial charge in [-0.3, -0.25) is 9.78 Å². The van der Waals surface area contributed by atoms with Gasteiger partial charge in [-0.2, -0.15) is 0 Å². The van der Waals surface area contributed by atoms with Crippen LogP contribution < -0.4 is 10.2 Å². The molecule has 0 aliphatic carbocycles. The molecule has 2 aromatic heterocycles. The molecule has 5 heteroatoms. The molecule has 3 aromatic rings. The smallest absolute Gasteiger partial charge is 0.255 e. The molecule has 0 saturated carbocycles. The maximum absolute atomic E-state index is 12.9. The number of para-hydroxylation sites is 1. The summed E-state index contributed by atoms with van der Waals surface area (Å²) in [5.74, 6) is 0.642. The fraction of sp³-hybridized carbons (Fsp3) is 0.292. The summed E-state index contributed by atoms with van der Waals surface area (Å²) in [6.07, 6.45) is 6.17. The number of carbonyl (C=O) groups is 1. The molecule has 150 valence electrons. The number of likely N-dealkylation sites (N-methyl/N-ethyl adjacent to an activating group) is 1. The molecular formula is C24H28N4O. The molecule has 1 N–H and O–H groups in total. The zero-order chi connectivity index (χ0) is 20.9. The monoisotopic (exact) mass is 388 g/mol. The van der Waals surface area contributed by atoms with Gasteiger partial charge in [0, 0.05) is 43.4 Å². The third-order valence-electron chi connectivity index (χ3n) is 4.87. The Bertz CT molecular complexity index is 964. The molecule has 0 radical (unpaired) electrons. The van der Waals surface area contributed by atoms with Crippen molar-refractivity contribution in [2.75, 3.05) is 23.8 Å². The van der Waals surface area contributed by atoms with Crippen LogP contribution in [0.25, 0.3) is 0 Å². The van der Waals surface area contributed by atoms with E-state index >= 15 is 0 Å². The average Bonchev–Trinajstić information content (AvgIpc) is 2.72. The van der Waals surface area contributed by atoms with Gasteiger partial charge >= 0.3 is 0 Å². The Morgan fingerprint density at radius 2 is 1.76 bits per heavy atom. The number of amides is 1. The van der Waals surface area contributed by atoms with Gasteiger partial charge in [-0.15, -0.1) is 0 Å². The second-order valence-electron chi connectivity index (χ2n) is 8.18. The topological polar surface area (TPSA) is 58.1 Å². The van der Waals surface area contributed by atoms with E-state index in [1.54, 1.807) is 24.7 Å². The zero-order valence-corrected chi connectivity index (χ0v) is 17.5. The second kappa shape index (κ2) is 8.86. The lowest BCUT2D eigenvalue weighted by atomic mass is 9.86. The first-order chi connectivity index (χ1) is 13.8. The van der Waals surface area contributed by atoms with Crippen molar-refractivity contribution >= 4 is 17.4 Å². The third kappa shape index (κ3) is 5.41. The lowest BCUT2D eigenvalue weighted by molar-refractivity contribution is 0.102. The third-order valence-corrected chi connectivity index (χ3v) is 4.87. The van der Waals surface area contributed by atoms with Crippen LogP contribution in [0.2, 0.25) is 0 Å². The first kappa shape index (κ1) is 20.5. The summed E-state index contributed by atoms with van der Waals surface area (Å²) in [6.45, 7) is 7.22. The van der Waals surface area contributed by atoms with E-state index in [9.17, 15) is 4.79 Å². The molecule has 0 spiro atoms. The Kier molecular flexibility index (Phi) is 6.27. The summed E-state index contributed by atoms with van der Waals surface area (Å²) in [6, 6.07) is 15.5. The Morgan fingerprint density at radius 3 is 2.48 bits per heavy atom. The largest absolute Gasteiger partial charge is 0.359 e. The highest BCUT2D eigenvalue weighted by atomic mass is 16.1. The van der Waals surface area contributed by atoms with E-state index in [1.807, 2.05) is 43.4 Å². The average molecular weight is 389 g/mol. The number of carbonyl (C=O) groups excluding carboxylic acids is 1. The van der Waals surface area contributed by atoms with Crippen molar-refractivity contribution in [1.82, 2.24) is 9.97 Å². The molecular weight excluding hydrogens is 360 g/mol. The van der Waals surface area contributed by atoms with Crippen LogP contribution in [0.5, 0.6) is 0 Å². The van der Waals surface area contributed by atoms with Gasteiger partial charge in [0.1, 0.15) is 5.82 Å². The minimum atomic E-state index is -0.132. The van der Waals surface area contributed by atoms with Crippen LogP contribution in [0.4, 0.5) is 11.5 Å². The number of hydrogen-bond donors (Lipinski definition) is 1. The molecule has 0 aliphatic rings. The normalized spacial score (nSPS) is 11.2. The predicted molar refractivity (Wildman–Crippen MR) is 119 cm³/mol. The number of benzene rings is 1. The standard InChI is InChI=1S/C24H28N4O/c1-24(2,3)20-7-5-6-8-21(20)27-23(29)19-11-15-26-22(17-19)28(4)16-12-18-9-13-25-14-10-18/h5-11,13-15,17H,12,16H2,1-4H3,(H,27,29). The molecule has 0 unspecified atom stereocenters. The Morgan fingerprint density at radius 1 is 1.03 bits per heavy atom. The lowest BCUT2D eigenvalue weighted by Crippen LogP contribution is -2.22. The van der Waals surface area contributed by atoms with Crippen molar-refractivity contribution in [3.8, 4) is 0 Å². The highest BCUT2D eigenvalue weighted by molar-refractivity contribution is 6.05. The van der Waals surface area contributed by atoms with E-state index in [4.69, 9.17) is 0 Å². The Labute approximate surface area is 172 Å². The quantitative estimate of drug-likeness (QED) is 0.665. The fourth-order valence-electron chi connectivity index (χ4n) is 3.17. The van der Waals surface area contributed by atoms with E-state index in [-0.39, 0.29) is 11.3 Å². The SMILES string of the molecule is CN(CCc1ccncc1)c1cc(C(=O)Nc2ccccc2C(C)(C)C)ccn1. The van der Waals surface area contributed by atoms with Crippen LogP contribution in [0.15, 0.2) is 67.1 Å². The number of hydrogen-bond acceptors (Lipinski definition) is 4. The van der Waals surface area contributed by atoms with Gasteiger partial charge in [0.25, 0.3) is 5.91 Å². The minimum Gasteiger partial charge on any atom is -0.359 e. The summed E-state index contributed by atoms with van der Waals surface area (Å²) >= 11 is 0. The van der Waals surface area contributed by atoms with Crippen molar-refractivity contribution < 1.29 is 4.79 Å². The van der Waals surface area contributed by atoms with Crippen molar-refractivity contribution in [3.63, 3.8) is 0 Å². The Hall–Kier alpha value is -3.21. The van der Waals surface area contributed by atoms with Crippen molar-refractivity contribution in [1.29, 1.82) is 0 Å². The molecule has 3 rings (SSSR count). The molecule has 0 aliphatic heterocycles. The van der Waals surface area contributed by atoms with Gasteiger partial charge in [-0.05, 0) is 53.3 Å². The highest BCUT2D eigenvalue weighted by Crippen LogP contribution is 2.29. The first-order valence-electron chi connectivity index (χ1n) is 9.81. The number of nitrogens with one attached hydrogen (secondary N) is 1. The molecule has 5 nitrogen and oxygen atoms in total. The summed E-state index contributed by atoms with van der Waals surface area (Å²) < 4.78 is 0. The van der Waals surface area contributed by atoms with E-state index < -0.39 is 0 Å². The zero-order valence-electron chi connectivity index (χ0n) is 17.5. The summed E-state index contributed by atoms with van der Waals surface area (Å²) in [4.78, 5) is 23.4. The first-order valence-corrected chi connectivity index (χ1v) is 9.81. The van der Waals surface area contributed by atoms with Gasteiger partial charge in [-0.1, -0.05) is 39.0 Å². The van der Waals surface area contributed by atoms with Crippen LogP contribution in [0, 0.1) is 0 Å². The van der Waals surface area contributed by atoms with Gasteiger partial charge < -0.3 is 10.2 Å².